The lowest BCUT2D eigenvalue weighted by Gasteiger charge is -2.10. The quantitative estimate of drug-likeness (QED) is 0.792. The second-order valence-electron chi connectivity index (χ2n) is 4.25. The molecule has 6 nitrogen and oxygen atoms in total. The van der Waals surface area contributed by atoms with Crippen molar-refractivity contribution in [2.75, 3.05) is 19.0 Å². The highest BCUT2D eigenvalue weighted by molar-refractivity contribution is 5.96. The van der Waals surface area contributed by atoms with Crippen LogP contribution in [0.25, 0.3) is 0 Å². The molecule has 6 heteroatoms. The van der Waals surface area contributed by atoms with Crippen LogP contribution in [0.5, 0.6) is 0 Å². The van der Waals surface area contributed by atoms with Crippen LogP contribution in [0.15, 0.2) is 47.1 Å². The molecule has 1 heterocycles. The average molecular weight is 288 g/mol. The van der Waals surface area contributed by atoms with Gasteiger partial charge >= 0.3 is 5.97 Å². The van der Waals surface area contributed by atoms with E-state index in [0.717, 1.165) is 0 Å². The normalized spacial score (nSPS) is 9.95. The molecule has 0 atom stereocenters. The van der Waals surface area contributed by atoms with E-state index >= 15 is 0 Å². The number of carbonyl (C=O) groups is 2. The Morgan fingerprint density at radius 2 is 2.00 bits per heavy atom. The predicted octanol–water partition coefficient (Wildman–Crippen LogP) is 1.79. The Hall–Kier alpha value is -2.76. The van der Waals surface area contributed by atoms with Gasteiger partial charge in [0, 0.05) is 5.69 Å². The third kappa shape index (κ3) is 4.10. The summed E-state index contributed by atoms with van der Waals surface area (Å²) in [4.78, 5) is 23.3. The van der Waals surface area contributed by atoms with Gasteiger partial charge in [0.25, 0.3) is 0 Å². The lowest BCUT2D eigenvalue weighted by molar-refractivity contribution is -0.119. The molecule has 0 fully saturated rings. The Morgan fingerprint density at radius 1 is 1.19 bits per heavy atom. The number of para-hydroxylation sites is 1. The minimum atomic E-state index is -0.450. The molecule has 0 bridgehead atoms. The number of esters is 1. The van der Waals surface area contributed by atoms with Crippen LogP contribution in [0.2, 0.25) is 0 Å². The first-order valence-corrected chi connectivity index (χ1v) is 6.41. The van der Waals surface area contributed by atoms with Gasteiger partial charge in [-0.2, -0.15) is 0 Å². The third-order valence-corrected chi connectivity index (χ3v) is 2.81. The van der Waals surface area contributed by atoms with Crippen LogP contribution < -0.4 is 10.6 Å². The molecule has 2 rings (SSSR count). The number of amides is 1. The van der Waals surface area contributed by atoms with Crippen molar-refractivity contribution in [3.8, 4) is 0 Å². The summed E-state index contributed by atoms with van der Waals surface area (Å²) in [5, 5.41) is 5.62. The van der Waals surface area contributed by atoms with Gasteiger partial charge < -0.3 is 19.8 Å². The number of nitrogens with one attached hydrogen (secondary N) is 2. The summed E-state index contributed by atoms with van der Waals surface area (Å²) in [5.41, 5.74) is 0.941. The lowest BCUT2D eigenvalue weighted by atomic mass is 10.2. The molecule has 0 aliphatic carbocycles. The SMILES string of the molecule is COC(=O)c1ccccc1NCC(=O)NCc1ccco1. The zero-order valence-corrected chi connectivity index (χ0v) is 11.6. The standard InChI is InChI=1S/C15H16N2O4/c1-20-15(19)12-6-2-3-7-13(12)16-10-14(18)17-9-11-5-4-8-21-11/h2-8,16H,9-10H2,1H3,(H,17,18). The van der Waals surface area contributed by atoms with Crippen LogP contribution in [0.1, 0.15) is 16.1 Å². The summed E-state index contributed by atoms with van der Waals surface area (Å²) in [5.74, 6) is 0.0264. The highest BCUT2D eigenvalue weighted by Gasteiger charge is 2.11. The number of rotatable bonds is 6. The average Bonchev–Trinajstić information content (AvgIpc) is 3.04. The number of benzene rings is 1. The monoisotopic (exact) mass is 288 g/mol. The molecule has 1 aromatic heterocycles. The molecule has 21 heavy (non-hydrogen) atoms. The smallest absolute Gasteiger partial charge is 0.339 e. The molecule has 1 amide bonds. The summed E-state index contributed by atoms with van der Waals surface area (Å²) < 4.78 is 9.80. The van der Waals surface area contributed by atoms with Crippen LogP contribution in [-0.2, 0) is 16.1 Å². The Morgan fingerprint density at radius 3 is 2.71 bits per heavy atom. The van der Waals surface area contributed by atoms with Gasteiger partial charge in [-0.15, -0.1) is 0 Å². The second kappa shape index (κ2) is 7.14. The number of hydrogen-bond donors (Lipinski definition) is 2. The van der Waals surface area contributed by atoms with Crippen LogP contribution >= 0.6 is 0 Å². The van der Waals surface area contributed by atoms with Crippen LogP contribution in [-0.4, -0.2) is 25.5 Å². The van der Waals surface area contributed by atoms with Crippen molar-refractivity contribution in [1.82, 2.24) is 5.32 Å². The fourth-order valence-electron chi connectivity index (χ4n) is 1.76. The molecule has 0 saturated heterocycles. The number of furan rings is 1. The largest absolute Gasteiger partial charge is 0.467 e. The maximum absolute atomic E-state index is 11.7. The Labute approximate surface area is 122 Å². The van der Waals surface area contributed by atoms with Crippen molar-refractivity contribution in [2.45, 2.75) is 6.54 Å². The first kappa shape index (κ1) is 14.6. The molecule has 1 aromatic carbocycles. The second-order valence-corrected chi connectivity index (χ2v) is 4.25. The van der Waals surface area contributed by atoms with Crippen LogP contribution in [0.4, 0.5) is 5.69 Å². The molecular formula is C15H16N2O4. The predicted molar refractivity (Wildman–Crippen MR) is 76.8 cm³/mol. The Balaban J connectivity index is 1.88. The molecule has 0 aliphatic heterocycles. The van der Waals surface area contributed by atoms with Gasteiger partial charge in [-0.3, -0.25) is 4.79 Å². The molecular weight excluding hydrogens is 272 g/mol. The number of anilines is 1. The summed E-state index contributed by atoms with van der Waals surface area (Å²) in [6.07, 6.45) is 1.55. The highest BCUT2D eigenvalue weighted by atomic mass is 16.5. The van der Waals surface area contributed by atoms with Crippen molar-refractivity contribution in [2.24, 2.45) is 0 Å². The molecule has 0 spiro atoms. The zero-order valence-electron chi connectivity index (χ0n) is 11.6. The first-order chi connectivity index (χ1) is 10.2. The number of hydrogen-bond acceptors (Lipinski definition) is 5. The van der Waals surface area contributed by atoms with Gasteiger partial charge in [-0.1, -0.05) is 12.1 Å². The van der Waals surface area contributed by atoms with Crippen molar-refractivity contribution in [3.05, 3.63) is 54.0 Å². The summed E-state index contributed by atoms with van der Waals surface area (Å²) >= 11 is 0. The molecule has 0 aliphatic rings. The number of methoxy groups -OCH3 is 1. The van der Waals surface area contributed by atoms with Crippen molar-refractivity contribution in [1.29, 1.82) is 0 Å². The van der Waals surface area contributed by atoms with Crippen molar-refractivity contribution < 1.29 is 18.7 Å². The lowest BCUT2D eigenvalue weighted by Crippen LogP contribution is -2.29. The molecule has 0 unspecified atom stereocenters. The van der Waals surface area contributed by atoms with E-state index in [9.17, 15) is 9.59 Å². The van der Waals surface area contributed by atoms with Crippen molar-refractivity contribution >= 4 is 17.6 Å². The summed E-state index contributed by atoms with van der Waals surface area (Å²) in [6.45, 7) is 0.376. The fourth-order valence-corrected chi connectivity index (χ4v) is 1.76. The van der Waals surface area contributed by atoms with Gasteiger partial charge in [0.05, 0.1) is 32.0 Å². The zero-order chi connectivity index (χ0) is 15.1. The molecule has 0 radical (unpaired) electrons. The van der Waals surface area contributed by atoms with Gasteiger partial charge in [-0.05, 0) is 24.3 Å². The van der Waals surface area contributed by atoms with E-state index < -0.39 is 5.97 Å². The molecule has 110 valence electrons. The number of carbonyl (C=O) groups excluding carboxylic acids is 2. The molecule has 2 aromatic rings. The van der Waals surface area contributed by atoms with Crippen LogP contribution in [0, 0.1) is 0 Å². The number of ether oxygens (including phenoxy) is 1. The molecule has 0 saturated carbocycles. The van der Waals surface area contributed by atoms with Gasteiger partial charge in [0.2, 0.25) is 5.91 Å². The fraction of sp³-hybridized carbons (Fsp3) is 0.200. The van der Waals surface area contributed by atoms with E-state index in [4.69, 9.17) is 4.42 Å². The minimum absolute atomic E-state index is 0.0503. The summed E-state index contributed by atoms with van der Waals surface area (Å²) in [6, 6.07) is 10.4. The Kier molecular flexibility index (Phi) is 4.98. The Bertz CT molecular complexity index is 608. The summed E-state index contributed by atoms with van der Waals surface area (Å²) in [7, 11) is 1.31. The van der Waals surface area contributed by atoms with Gasteiger partial charge in [0.1, 0.15) is 5.76 Å². The first-order valence-electron chi connectivity index (χ1n) is 6.41. The topological polar surface area (TPSA) is 80.6 Å². The van der Waals surface area contributed by atoms with Crippen molar-refractivity contribution in [3.63, 3.8) is 0 Å². The van der Waals surface area contributed by atoms with E-state index in [1.807, 2.05) is 0 Å². The maximum Gasteiger partial charge on any atom is 0.339 e. The van der Waals surface area contributed by atoms with Gasteiger partial charge in [0.15, 0.2) is 0 Å². The van der Waals surface area contributed by atoms with Gasteiger partial charge in [-0.25, -0.2) is 4.79 Å². The van der Waals surface area contributed by atoms with E-state index in [2.05, 4.69) is 15.4 Å². The van der Waals surface area contributed by atoms with E-state index in [1.54, 1.807) is 42.7 Å². The minimum Gasteiger partial charge on any atom is -0.467 e. The molecule has 2 N–H and O–H groups in total. The third-order valence-electron chi connectivity index (χ3n) is 2.81. The van der Waals surface area contributed by atoms with E-state index in [0.29, 0.717) is 23.6 Å². The van der Waals surface area contributed by atoms with E-state index in [-0.39, 0.29) is 12.5 Å². The van der Waals surface area contributed by atoms with Crippen LogP contribution in [0.3, 0.4) is 0 Å². The van der Waals surface area contributed by atoms with E-state index in [1.165, 1.54) is 7.11 Å². The maximum atomic E-state index is 11.7. The highest BCUT2D eigenvalue weighted by Crippen LogP contribution is 2.15.